The summed E-state index contributed by atoms with van der Waals surface area (Å²) in [5.74, 6) is -0.859. The number of esters is 2. The second kappa shape index (κ2) is 30.2. The lowest BCUT2D eigenvalue weighted by Gasteiger charge is -2.39. The van der Waals surface area contributed by atoms with Gasteiger partial charge in [0.05, 0.1) is 13.2 Å². The second-order valence-electron chi connectivity index (χ2n) is 12.4. The summed E-state index contributed by atoms with van der Waals surface area (Å²) in [6, 6.07) is 0. The summed E-state index contributed by atoms with van der Waals surface area (Å²) >= 11 is 0. The van der Waals surface area contributed by atoms with Crippen LogP contribution in [0.15, 0.2) is 61.3 Å². The topological polar surface area (TPSA) is 152 Å². The van der Waals surface area contributed by atoms with Crippen LogP contribution in [0.1, 0.15) is 116 Å². The van der Waals surface area contributed by atoms with Crippen molar-refractivity contribution >= 4 is 11.9 Å². The van der Waals surface area contributed by atoms with E-state index >= 15 is 0 Å². The third-order valence-corrected chi connectivity index (χ3v) is 8.11. The third kappa shape index (κ3) is 22.7. The fourth-order valence-corrected chi connectivity index (χ4v) is 5.16. The maximum atomic E-state index is 12.6. The van der Waals surface area contributed by atoms with E-state index in [1.807, 2.05) is 19.1 Å². The molecule has 1 heterocycles. The highest BCUT2D eigenvalue weighted by Crippen LogP contribution is 2.22. The first kappa shape index (κ1) is 44.4. The summed E-state index contributed by atoms with van der Waals surface area (Å²) in [4.78, 5) is 25.1. The van der Waals surface area contributed by atoms with E-state index in [0.29, 0.717) is 12.8 Å². The molecule has 6 atom stereocenters. The molecule has 0 bridgehead atoms. The summed E-state index contributed by atoms with van der Waals surface area (Å²) in [6.45, 7) is 4.58. The Morgan fingerprint density at radius 2 is 1.24 bits per heavy atom. The molecule has 0 radical (unpaired) electrons. The Morgan fingerprint density at radius 1 is 0.694 bits per heavy atom. The zero-order chi connectivity index (χ0) is 36.0. The van der Waals surface area contributed by atoms with Crippen LogP contribution >= 0.6 is 0 Å². The first-order valence-corrected chi connectivity index (χ1v) is 18.3. The Morgan fingerprint density at radius 3 is 1.86 bits per heavy atom. The van der Waals surface area contributed by atoms with E-state index in [9.17, 15) is 30.0 Å². The largest absolute Gasteiger partial charge is 0.462 e. The summed E-state index contributed by atoms with van der Waals surface area (Å²) in [6.07, 6.45) is 25.7. The van der Waals surface area contributed by atoms with E-state index in [0.717, 1.165) is 83.5 Å². The Kier molecular flexibility index (Phi) is 27.4. The van der Waals surface area contributed by atoms with Gasteiger partial charge in [-0.25, -0.2) is 0 Å². The molecule has 0 amide bonds. The maximum absolute atomic E-state index is 12.6. The molecule has 1 aliphatic rings. The van der Waals surface area contributed by atoms with Gasteiger partial charge in [0, 0.05) is 12.8 Å². The molecule has 0 aliphatic carbocycles. The highest BCUT2D eigenvalue weighted by atomic mass is 16.7. The quantitative estimate of drug-likeness (QED) is 0.0398. The molecule has 0 aromatic heterocycles. The van der Waals surface area contributed by atoms with Gasteiger partial charge in [0.25, 0.3) is 0 Å². The number of aliphatic hydroxyl groups excluding tert-OH is 4. The van der Waals surface area contributed by atoms with Gasteiger partial charge in [0.1, 0.15) is 31.0 Å². The predicted molar refractivity (Wildman–Crippen MR) is 191 cm³/mol. The van der Waals surface area contributed by atoms with Crippen LogP contribution < -0.4 is 0 Å². The van der Waals surface area contributed by atoms with Gasteiger partial charge < -0.3 is 39.4 Å². The second-order valence-corrected chi connectivity index (χ2v) is 12.4. The molecule has 0 spiro atoms. The maximum Gasteiger partial charge on any atom is 0.306 e. The van der Waals surface area contributed by atoms with Crippen molar-refractivity contribution < 1.29 is 49.0 Å². The lowest BCUT2D eigenvalue weighted by molar-refractivity contribution is -0.305. The monoisotopic (exact) mass is 692 g/mol. The Labute approximate surface area is 294 Å². The van der Waals surface area contributed by atoms with E-state index < -0.39 is 55.4 Å². The van der Waals surface area contributed by atoms with Crippen molar-refractivity contribution in [2.24, 2.45) is 0 Å². The molecule has 10 heteroatoms. The highest BCUT2D eigenvalue weighted by molar-refractivity contribution is 5.70. The highest BCUT2D eigenvalue weighted by Gasteiger charge is 2.44. The average molecular weight is 693 g/mol. The molecule has 0 saturated carbocycles. The van der Waals surface area contributed by atoms with Crippen LogP contribution in [0.4, 0.5) is 0 Å². The third-order valence-electron chi connectivity index (χ3n) is 8.11. The van der Waals surface area contributed by atoms with Crippen molar-refractivity contribution in [2.45, 2.75) is 153 Å². The van der Waals surface area contributed by atoms with Crippen molar-refractivity contribution in [1.82, 2.24) is 0 Å². The molecule has 1 fully saturated rings. The minimum absolute atomic E-state index is 0.205. The Balaban J connectivity index is 2.43. The van der Waals surface area contributed by atoms with Crippen LogP contribution in [0.5, 0.6) is 0 Å². The summed E-state index contributed by atoms with van der Waals surface area (Å²) in [5, 5.41) is 39.8. The van der Waals surface area contributed by atoms with E-state index in [1.54, 1.807) is 0 Å². The van der Waals surface area contributed by atoms with Crippen molar-refractivity contribution in [3.8, 4) is 0 Å². The molecular formula is C39H64O10. The molecule has 280 valence electrons. The van der Waals surface area contributed by atoms with E-state index in [2.05, 4.69) is 49.1 Å². The van der Waals surface area contributed by atoms with Gasteiger partial charge in [0.15, 0.2) is 12.4 Å². The van der Waals surface area contributed by atoms with Crippen LogP contribution in [-0.2, 0) is 28.5 Å². The van der Waals surface area contributed by atoms with Crippen molar-refractivity contribution in [3.63, 3.8) is 0 Å². The van der Waals surface area contributed by atoms with Gasteiger partial charge in [-0.05, 0) is 64.7 Å². The number of hydrogen-bond acceptors (Lipinski definition) is 10. The van der Waals surface area contributed by atoms with Gasteiger partial charge in [-0.15, -0.1) is 6.58 Å². The Bertz CT molecular complexity index is 973. The van der Waals surface area contributed by atoms with E-state index in [4.69, 9.17) is 18.9 Å². The SMILES string of the molecule is C=CC/C=C\C/C=C\CCCCCCCC(=O)OC[C@H](CO[C@@H]1O[C@H](CO)[C@H](O)[C@H](O)[C@H]1O)OC(=O)CCCCCCC/C=C/C/C=C\C. The van der Waals surface area contributed by atoms with E-state index in [-0.39, 0.29) is 26.1 Å². The number of unbranched alkanes of at least 4 members (excludes halogenated alkanes) is 10. The number of allylic oxidation sites excluding steroid dienone is 9. The fraction of sp³-hybridized carbons (Fsp3) is 0.692. The van der Waals surface area contributed by atoms with E-state index in [1.165, 1.54) is 0 Å². The lowest BCUT2D eigenvalue weighted by atomic mass is 9.99. The molecule has 1 rings (SSSR count). The zero-order valence-electron chi connectivity index (χ0n) is 29.7. The molecule has 0 unspecified atom stereocenters. The molecule has 4 N–H and O–H groups in total. The molecule has 1 saturated heterocycles. The van der Waals surface area contributed by atoms with Crippen molar-refractivity contribution in [2.75, 3.05) is 19.8 Å². The molecule has 1 aliphatic heterocycles. The summed E-state index contributed by atoms with van der Waals surface area (Å²) in [5.41, 5.74) is 0. The summed E-state index contributed by atoms with van der Waals surface area (Å²) < 4.78 is 22.0. The van der Waals surface area contributed by atoms with Crippen molar-refractivity contribution in [1.29, 1.82) is 0 Å². The molecule has 0 aromatic carbocycles. The van der Waals surface area contributed by atoms with Gasteiger partial charge in [-0.2, -0.15) is 0 Å². The van der Waals surface area contributed by atoms with Gasteiger partial charge >= 0.3 is 11.9 Å². The van der Waals surface area contributed by atoms with Gasteiger partial charge in [0.2, 0.25) is 0 Å². The standard InChI is InChI=1S/C39H64O10/c1-3-5-7-9-11-13-15-16-18-19-21-23-25-27-34(41)46-30-32(31-47-39-38(45)37(44)36(43)33(29-40)49-39)48-35(42)28-26-24-22-20-17-14-12-10-8-6-4-2/h3-4,6-7,9-10,12-13,15,32-33,36-40,43-45H,1,5,8,11,14,16-31H2,2H3/b6-4-,9-7-,12-10+,15-13-/t32-,33-,36+,37+,38-,39-/m1/s1. The number of aliphatic hydroxyl groups is 4. The average Bonchev–Trinajstić information content (AvgIpc) is 3.10. The van der Waals surface area contributed by atoms with Crippen LogP contribution in [0.25, 0.3) is 0 Å². The van der Waals surface area contributed by atoms with Crippen LogP contribution in [0, 0.1) is 0 Å². The number of carbonyl (C=O) groups excluding carboxylic acids is 2. The number of rotatable bonds is 29. The van der Waals surface area contributed by atoms with Crippen molar-refractivity contribution in [3.05, 3.63) is 61.3 Å². The predicted octanol–water partition coefficient (Wildman–Crippen LogP) is 6.32. The number of carbonyl (C=O) groups is 2. The molecule has 49 heavy (non-hydrogen) atoms. The van der Waals surface area contributed by atoms with Gasteiger partial charge in [-0.3, -0.25) is 9.59 Å². The molecule has 10 nitrogen and oxygen atoms in total. The lowest BCUT2D eigenvalue weighted by Crippen LogP contribution is -2.59. The molecular weight excluding hydrogens is 628 g/mol. The summed E-state index contributed by atoms with van der Waals surface area (Å²) in [7, 11) is 0. The smallest absolute Gasteiger partial charge is 0.306 e. The number of ether oxygens (including phenoxy) is 4. The first-order valence-electron chi connectivity index (χ1n) is 18.3. The number of hydrogen-bond donors (Lipinski definition) is 4. The molecule has 0 aromatic rings. The zero-order valence-corrected chi connectivity index (χ0v) is 29.7. The van der Waals surface area contributed by atoms with Gasteiger partial charge in [-0.1, -0.05) is 93.2 Å². The Hall–Kier alpha value is -2.60. The first-order chi connectivity index (χ1) is 23.8. The fourth-order valence-electron chi connectivity index (χ4n) is 5.16. The van der Waals surface area contributed by atoms with Crippen LogP contribution in [0.2, 0.25) is 0 Å². The minimum atomic E-state index is -1.60. The normalized spacial score (nSPS) is 22.0. The van der Waals surface area contributed by atoms with Crippen LogP contribution in [0.3, 0.4) is 0 Å². The van der Waals surface area contributed by atoms with Crippen LogP contribution in [-0.4, -0.2) is 89.0 Å². The minimum Gasteiger partial charge on any atom is -0.462 e.